The van der Waals surface area contributed by atoms with Crippen molar-refractivity contribution in [3.05, 3.63) is 51.5 Å². The van der Waals surface area contributed by atoms with E-state index in [-0.39, 0.29) is 42.3 Å². The number of esters is 1. The number of halogens is 1. The third kappa shape index (κ3) is 3.90. The summed E-state index contributed by atoms with van der Waals surface area (Å²) in [5, 5.41) is 11.7. The lowest BCUT2D eigenvalue weighted by molar-refractivity contribution is -0.385. The van der Waals surface area contributed by atoms with Gasteiger partial charge in [0.15, 0.2) is 0 Å². The number of nitrogen functional groups attached to an aromatic ring is 1. The first-order chi connectivity index (χ1) is 14.2. The highest BCUT2D eigenvalue weighted by atomic mass is 35.5. The molecule has 0 spiro atoms. The zero-order valence-electron chi connectivity index (χ0n) is 15.8. The van der Waals surface area contributed by atoms with Crippen molar-refractivity contribution in [2.75, 3.05) is 28.6 Å². The number of anilines is 3. The number of nitro groups is 1. The number of amides is 2. The topological polar surface area (TPSA) is 136 Å². The molecule has 10 nitrogen and oxygen atoms in total. The molecular formula is C19H17ClN4O6. The maximum Gasteiger partial charge on any atom is 0.317 e. The Kier molecular flexibility index (Phi) is 5.88. The fourth-order valence-corrected chi connectivity index (χ4v) is 3.17. The van der Waals surface area contributed by atoms with Crippen LogP contribution >= 0.6 is 11.6 Å². The van der Waals surface area contributed by atoms with E-state index >= 15 is 0 Å². The van der Waals surface area contributed by atoms with Gasteiger partial charge >= 0.3 is 23.5 Å². The molecule has 2 amide bonds. The molecule has 3 rings (SSSR count). The number of hydrogen-bond donors (Lipinski definition) is 1. The Hall–Kier alpha value is -3.66. The maximum atomic E-state index is 12.8. The zero-order valence-corrected chi connectivity index (χ0v) is 16.6. The highest BCUT2D eigenvalue weighted by Crippen LogP contribution is 2.39. The Bertz CT molecular complexity index is 1060. The molecular weight excluding hydrogens is 416 g/mol. The van der Waals surface area contributed by atoms with E-state index in [1.807, 2.05) is 0 Å². The molecule has 2 aromatic carbocycles. The molecule has 2 N–H and O–H groups in total. The number of nitrogens with zero attached hydrogens (tertiary/aromatic N) is 3. The summed E-state index contributed by atoms with van der Waals surface area (Å²) in [4.78, 5) is 50.3. The lowest BCUT2D eigenvalue weighted by Gasteiger charge is -2.34. The third-order valence-corrected chi connectivity index (χ3v) is 4.70. The van der Waals surface area contributed by atoms with Crippen molar-refractivity contribution >= 4 is 52.1 Å². The molecule has 0 aliphatic carbocycles. The standard InChI is InChI=1S/C19H17ClN4O6/c1-2-16(25)30-17-13(4-3-5-14(17)24(28)29)22-8-9-23(19(27)18(22)26)15-10-11(20)6-7-12(15)21/h3-7,10H,2,8-9,21H2,1H3. The van der Waals surface area contributed by atoms with E-state index in [1.165, 1.54) is 36.1 Å². The van der Waals surface area contributed by atoms with Crippen LogP contribution in [0.3, 0.4) is 0 Å². The summed E-state index contributed by atoms with van der Waals surface area (Å²) >= 11 is 5.97. The van der Waals surface area contributed by atoms with E-state index in [0.717, 1.165) is 11.0 Å². The molecule has 1 aliphatic rings. The fraction of sp³-hybridized carbons (Fsp3) is 0.211. The van der Waals surface area contributed by atoms with Gasteiger partial charge in [0.05, 0.1) is 22.0 Å². The molecule has 0 atom stereocenters. The Morgan fingerprint density at radius 1 is 1.17 bits per heavy atom. The van der Waals surface area contributed by atoms with Crippen LogP contribution in [0, 0.1) is 10.1 Å². The predicted octanol–water partition coefficient (Wildman–Crippen LogP) is 2.53. The van der Waals surface area contributed by atoms with E-state index < -0.39 is 28.4 Å². The van der Waals surface area contributed by atoms with E-state index in [0.29, 0.717) is 5.02 Å². The average Bonchev–Trinajstić information content (AvgIpc) is 2.72. The zero-order chi connectivity index (χ0) is 22.0. The summed E-state index contributed by atoms with van der Waals surface area (Å²) in [6, 6.07) is 8.41. The van der Waals surface area contributed by atoms with Gasteiger partial charge in [0.25, 0.3) is 0 Å². The minimum absolute atomic E-state index is 0.00559. The summed E-state index contributed by atoms with van der Waals surface area (Å²) < 4.78 is 5.13. The molecule has 156 valence electrons. The highest BCUT2D eigenvalue weighted by molar-refractivity contribution is 6.46. The number of piperazine rings is 1. The van der Waals surface area contributed by atoms with Crippen molar-refractivity contribution in [3.63, 3.8) is 0 Å². The average molecular weight is 433 g/mol. The molecule has 0 unspecified atom stereocenters. The van der Waals surface area contributed by atoms with Crippen molar-refractivity contribution in [3.8, 4) is 5.75 Å². The van der Waals surface area contributed by atoms with Crippen LogP contribution in [0.25, 0.3) is 0 Å². The van der Waals surface area contributed by atoms with Crippen molar-refractivity contribution in [2.45, 2.75) is 13.3 Å². The van der Waals surface area contributed by atoms with Gasteiger partial charge in [0.1, 0.15) is 0 Å². The second kappa shape index (κ2) is 8.37. The van der Waals surface area contributed by atoms with Crippen LogP contribution in [0.2, 0.25) is 5.02 Å². The summed E-state index contributed by atoms with van der Waals surface area (Å²) in [5.74, 6) is -2.94. The quantitative estimate of drug-likeness (QED) is 0.191. The number of hydrogen-bond acceptors (Lipinski definition) is 7. The number of para-hydroxylation sites is 1. The maximum absolute atomic E-state index is 12.8. The van der Waals surface area contributed by atoms with Gasteiger partial charge in [-0.1, -0.05) is 24.6 Å². The molecule has 0 aromatic heterocycles. The van der Waals surface area contributed by atoms with E-state index in [4.69, 9.17) is 22.1 Å². The second-order valence-electron chi connectivity index (χ2n) is 6.33. The Labute approximate surface area is 175 Å². The molecule has 0 bridgehead atoms. The number of nitrogens with two attached hydrogens (primary N) is 1. The SMILES string of the molecule is CCC(=O)Oc1c(N2CCN(c3cc(Cl)ccc3N)C(=O)C2=O)cccc1[N+](=O)[O-]. The normalized spacial score (nSPS) is 14.1. The van der Waals surface area contributed by atoms with Crippen LogP contribution in [-0.2, 0) is 14.4 Å². The van der Waals surface area contributed by atoms with Gasteiger partial charge in [-0.25, -0.2) is 0 Å². The minimum atomic E-state index is -0.949. The van der Waals surface area contributed by atoms with Gasteiger partial charge in [-0.2, -0.15) is 0 Å². The number of rotatable bonds is 5. The van der Waals surface area contributed by atoms with Gasteiger partial charge in [0.2, 0.25) is 5.75 Å². The van der Waals surface area contributed by atoms with E-state index in [1.54, 1.807) is 6.07 Å². The first-order valence-corrected chi connectivity index (χ1v) is 9.28. The van der Waals surface area contributed by atoms with Crippen LogP contribution in [0.4, 0.5) is 22.7 Å². The van der Waals surface area contributed by atoms with Gasteiger partial charge in [-0.05, 0) is 24.3 Å². The van der Waals surface area contributed by atoms with Crippen molar-refractivity contribution < 1.29 is 24.0 Å². The van der Waals surface area contributed by atoms with Crippen LogP contribution in [0.15, 0.2) is 36.4 Å². The second-order valence-corrected chi connectivity index (χ2v) is 6.76. The molecule has 1 saturated heterocycles. The largest absolute Gasteiger partial charge is 0.417 e. The molecule has 30 heavy (non-hydrogen) atoms. The molecule has 0 radical (unpaired) electrons. The number of nitro benzene ring substituents is 1. The monoisotopic (exact) mass is 432 g/mol. The summed E-state index contributed by atoms with van der Waals surface area (Å²) in [6.45, 7) is 1.58. The van der Waals surface area contributed by atoms with Gasteiger partial charge in [-0.15, -0.1) is 0 Å². The third-order valence-electron chi connectivity index (χ3n) is 4.47. The first kappa shape index (κ1) is 21.1. The highest BCUT2D eigenvalue weighted by Gasteiger charge is 2.38. The number of ether oxygens (including phenoxy) is 1. The van der Waals surface area contributed by atoms with Crippen LogP contribution in [0.1, 0.15) is 13.3 Å². The molecule has 2 aromatic rings. The molecule has 1 fully saturated rings. The molecule has 1 aliphatic heterocycles. The number of carbonyl (C=O) groups excluding carboxylic acids is 3. The Morgan fingerprint density at radius 3 is 2.40 bits per heavy atom. The van der Waals surface area contributed by atoms with E-state index in [9.17, 15) is 24.5 Å². The molecule has 0 saturated carbocycles. The fourth-order valence-electron chi connectivity index (χ4n) is 3.00. The summed E-state index contributed by atoms with van der Waals surface area (Å²) in [7, 11) is 0. The van der Waals surface area contributed by atoms with Crippen molar-refractivity contribution in [2.24, 2.45) is 0 Å². The summed E-state index contributed by atoms with van der Waals surface area (Å²) in [5.41, 5.74) is 5.94. The lowest BCUT2D eigenvalue weighted by Crippen LogP contribution is -2.55. The minimum Gasteiger partial charge on any atom is -0.417 e. The predicted molar refractivity (Wildman–Crippen MR) is 110 cm³/mol. The Morgan fingerprint density at radius 2 is 1.80 bits per heavy atom. The summed E-state index contributed by atoms with van der Waals surface area (Å²) in [6.07, 6.45) is -0.0276. The van der Waals surface area contributed by atoms with Gasteiger partial charge in [-0.3, -0.25) is 29.4 Å². The lowest BCUT2D eigenvalue weighted by atomic mass is 10.1. The number of carbonyl (C=O) groups is 3. The van der Waals surface area contributed by atoms with Crippen LogP contribution in [-0.4, -0.2) is 35.8 Å². The van der Waals surface area contributed by atoms with Gasteiger partial charge in [0, 0.05) is 30.6 Å². The van der Waals surface area contributed by atoms with Crippen molar-refractivity contribution in [1.82, 2.24) is 0 Å². The Balaban J connectivity index is 1.99. The van der Waals surface area contributed by atoms with E-state index in [2.05, 4.69) is 0 Å². The number of benzene rings is 2. The molecule has 1 heterocycles. The van der Waals surface area contributed by atoms with Crippen LogP contribution in [0.5, 0.6) is 5.75 Å². The van der Waals surface area contributed by atoms with Crippen molar-refractivity contribution in [1.29, 1.82) is 0 Å². The first-order valence-electron chi connectivity index (χ1n) is 8.91. The molecule has 11 heteroatoms. The smallest absolute Gasteiger partial charge is 0.317 e. The van der Waals surface area contributed by atoms with Gasteiger partial charge < -0.3 is 15.4 Å². The van der Waals surface area contributed by atoms with Crippen LogP contribution < -0.4 is 20.3 Å².